The molecule has 2 aromatic heterocycles. The molecule has 1 fully saturated rings. The third kappa shape index (κ3) is 5.07. The number of rotatable bonds is 8. The van der Waals surface area contributed by atoms with Crippen molar-refractivity contribution in [3.63, 3.8) is 0 Å². The van der Waals surface area contributed by atoms with Gasteiger partial charge in [-0.15, -0.1) is 0 Å². The van der Waals surface area contributed by atoms with Gasteiger partial charge in [-0.05, 0) is 63.4 Å². The summed E-state index contributed by atoms with van der Waals surface area (Å²) in [6, 6.07) is 4.91. The van der Waals surface area contributed by atoms with Gasteiger partial charge in [-0.25, -0.2) is 14.2 Å². The second-order valence-electron chi connectivity index (χ2n) is 7.92. The van der Waals surface area contributed by atoms with Gasteiger partial charge in [0, 0.05) is 43.3 Å². The summed E-state index contributed by atoms with van der Waals surface area (Å²) >= 11 is 1.43. The second-order valence-corrected chi connectivity index (χ2v) is 8.90. The summed E-state index contributed by atoms with van der Waals surface area (Å²) in [6.45, 7) is 8.93. The van der Waals surface area contributed by atoms with Crippen molar-refractivity contribution in [1.29, 1.82) is 0 Å². The van der Waals surface area contributed by atoms with E-state index in [-0.39, 0.29) is 11.8 Å². The predicted octanol–water partition coefficient (Wildman–Crippen LogP) is 4.39. The van der Waals surface area contributed by atoms with Crippen molar-refractivity contribution < 1.29 is 13.9 Å². The van der Waals surface area contributed by atoms with Crippen LogP contribution in [0.4, 0.5) is 9.52 Å². The van der Waals surface area contributed by atoms with Crippen LogP contribution in [-0.2, 0) is 11.2 Å². The number of esters is 1. The largest absolute Gasteiger partial charge is 0.462 e. The molecule has 0 bridgehead atoms. The van der Waals surface area contributed by atoms with E-state index in [0.29, 0.717) is 11.5 Å². The van der Waals surface area contributed by atoms with Gasteiger partial charge >= 0.3 is 5.97 Å². The van der Waals surface area contributed by atoms with Crippen LogP contribution in [-0.4, -0.2) is 60.2 Å². The SMILES string of the molecule is CCOC(=O)c1sc(N2CCN(CCCCc3c[nH]c4ccc(F)cc34)CC2)nc1C. The number of thiazole rings is 1. The van der Waals surface area contributed by atoms with Crippen molar-refractivity contribution in [1.82, 2.24) is 14.9 Å². The highest BCUT2D eigenvalue weighted by Crippen LogP contribution is 2.28. The third-order valence-electron chi connectivity index (χ3n) is 5.79. The molecule has 31 heavy (non-hydrogen) atoms. The van der Waals surface area contributed by atoms with Crippen LogP contribution in [0.5, 0.6) is 0 Å². The van der Waals surface area contributed by atoms with E-state index in [1.54, 1.807) is 12.1 Å². The molecular formula is C23H29FN4O2S. The van der Waals surface area contributed by atoms with Crippen molar-refractivity contribution in [3.05, 3.63) is 46.3 Å². The van der Waals surface area contributed by atoms with Crippen LogP contribution in [0.1, 0.15) is 40.7 Å². The quantitative estimate of drug-likeness (QED) is 0.412. The smallest absolute Gasteiger partial charge is 0.350 e. The fraction of sp³-hybridized carbons (Fsp3) is 0.478. The number of hydrogen-bond acceptors (Lipinski definition) is 6. The van der Waals surface area contributed by atoms with Gasteiger partial charge in [-0.2, -0.15) is 0 Å². The van der Waals surface area contributed by atoms with Gasteiger partial charge in [0.15, 0.2) is 5.13 Å². The number of hydrogen-bond donors (Lipinski definition) is 1. The average Bonchev–Trinajstić information content (AvgIpc) is 3.35. The molecule has 4 rings (SSSR count). The summed E-state index contributed by atoms with van der Waals surface area (Å²) in [5.74, 6) is -0.462. The van der Waals surface area contributed by atoms with Crippen LogP contribution in [0.2, 0.25) is 0 Å². The number of carbonyl (C=O) groups excluding carboxylic acids is 1. The summed E-state index contributed by atoms with van der Waals surface area (Å²) in [5.41, 5.74) is 2.94. The van der Waals surface area contributed by atoms with Crippen LogP contribution in [0, 0.1) is 12.7 Å². The van der Waals surface area contributed by atoms with Gasteiger partial charge in [0.2, 0.25) is 0 Å². The highest BCUT2D eigenvalue weighted by Gasteiger charge is 2.23. The standard InChI is InChI=1S/C23H29FN4O2S/c1-3-30-22(29)21-16(2)26-23(31-21)28-12-10-27(11-13-28)9-5-4-6-17-15-25-20-8-7-18(24)14-19(17)20/h7-8,14-15,25H,3-6,9-13H2,1-2H3. The zero-order valence-corrected chi connectivity index (χ0v) is 18.9. The van der Waals surface area contributed by atoms with Crippen molar-refractivity contribution >= 4 is 33.3 Å². The molecule has 0 unspecified atom stereocenters. The molecule has 0 aliphatic carbocycles. The van der Waals surface area contributed by atoms with Crippen LogP contribution < -0.4 is 4.90 Å². The summed E-state index contributed by atoms with van der Waals surface area (Å²) in [7, 11) is 0. The molecule has 0 radical (unpaired) electrons. The molecule has 3 heterocycles. The van der Waals surface area contributed by atoms with E-state index in [0.717, 1.165) is 73.7 Å². The molecule has 1 aliphatic rings. The second kappa shape index (κ2) is 9.78. The summed E-state index contributed by atoms with van der Waals surface area (Å²) in [5, 5.41) is 1.90. The number of nitrogens with one attached hydrogen (secondary N) is 1. The Kier molecular flexibility index (Phi) is 6.87. The number of unbranched alkanes of at least 4 members (excludes halogenated alkanes) is 1. The first-order chi connectivity index (χ1) is 15.0. The maximum atomic E-state index is 13.5. The lowest BCUT2D eigenvalue weighted by Crippen LogP contribution is -2.46. The molecule has 3 aromatic rings. The number of benzene rings is 1. The normalized spacial score (nSPS) is 15.0. The monoisotopic (exact) mass is 444 g/mol. The van der Waals surface area contributed by atoms with Crippen molar-refractivity contribution in [2.45, 2.75) is 33.1 Å². The zero-order valence-electron chi connectivity index (χ0n) is 18.1. The van der Waals surface area contributed by atoms with Gasteiger partial charge in [0.05, 0.1) is 12.3 Å². The molecule has 8 heteroatoms. The minimum absolute atomic E-state index is 0.184. The first-order valence-corrected chi connectivity index (χ1v) is 11.7. The number of aryl methyl sites for hydroxylation is 2. The number of aromatic amines is 1. The molecule has 0 atom stereocenters. The van der Waals surface area contributed by atoms with Gasteiger partial charge in [0.1, 0.15) is 10.7 Å². The molecule has 1 aliphatic heterocycles. The van der Waals surface area contributed by atoms with E-state index in [1.165, 1.54) is 23.0 Å². The van der Waals surface area contributed by atoms with E-state index in [9.17, 15) is 9.18 Å². The lowest BCUT2D eigenvalue weighted by atomic mass is 10.1. The Morgan fingerprint density at radius 1 is 1.26 bits per heavy atom. The van der Waals surface area contributed by atoms with E-state index < -0.39 is 0 Å². The van der Waals surface area contributed by atoms with Crippen LogP contribution in [0.3, 0.4) is 0 Å². The molecule has 0 spiro atoms. The maximum absolute atomic E-state index is 13.5. The lowest BCUT2D eigenvalue weighted by Gasteiger charge is -2.34. The molecule has 1 saturated heterocycles. The van der Waals surface area contributed by atoms with Crippen molar-refractivity contribution in [3.8, 4) is 0 Å². The molecule has 6 nitrogen and oxygen atoms in total. The fourth-order valence-electron chi connectivity index (χ4n) is 4.07. The number of carbonyl (C=O) groups is 1. The number of piperazine rings is 1. The number of ether oxygens (including phenoxy) is 1. The van der Waals surface area contributed by atoms with Crippen molar-refractivity contribution in [2.24, 2.45) is 0 Å². The molecule has 166 valence electrons. The van der Waals surface area contributed by atoms with E-state index >= 15 is 0 Å². The number of fused-ring (bicyclic) bond motifs is 1. The first-order valence-electron chi connectivity index (χ1n) is 10.9. The molecule has 1 aromatic carbocycles. The minimum Gasteiger partial charge on any atom is -0.462 e. The number of nitrogens with zero attached hydrogens (tertiary/aromatic N) is 3. The number of H-pyrrole nitrogens is 1. The summed E-state index contributed by atoms with van der Waals surface area (Å²) < 4.78 is 18.6. The number of anilines is 1. The van der Waals surface area contributed by atoms with E-state index in [1.807, 2.05) is 20.0 Å². The van der Waals surface area contributed by atoms with Crippen molar-refractivity contribution in [2.75, 3.05) is 44.2 Å². The molecule has 0 amide bonds. The van der Waals surface area contributed by atoms with Gasteiger partial charge in [-0.1, -0.05) is 11.3 Å². The first kappa shape index (κ1) is 21.8. The maximum Gasteiger partial charge on any atom is 0.350 e. The molecule has 0 saturated carbocycles. The Morgan fingerprint density at radius 2 is 2.06 bits per heavy atom. The number of halogens is 1. The minimum atomic E-state index is -0.277. The predicted molar refractivity (Wildman–Crippen MR) is 123 cm³/mol. The highest BCUT2D eigenvalue weighted by molar-refractivity contribution is 7.17. The average molecular weight is 445 g/mol. The Hall–Kier alpha value is -2.45. The van der Waals surface area contributed by atoms with E-state index in [4.69, 9.17) is 4.74 Å². The topological polar surface area (TPSA) is 61.5 Å². The Bertz CT molecular complexity index is 1040. The summed E-state index contributed by atoms with van der Waals surface area (Å²) in [4.78, 5) is 25.2. The third-order valence-corrected chi connectivity index (χ3v) is 6.99. The van der Waals surface area contributed by atoms with Crippen LogP contribution >= 0.6 is 11.3 Å². The van der Waals surface area contributed by atoms with Gasteiger partial charge < -0.3 is 14.6 Å². The van der Waals surface area contributed by atoms with Gasteiger partial charge in [0.25, 0.3) is 0 Å². The zero-order chi connectivity index (χ0) is 21.8. The van der Waals surface area contributed by atoms with Crippen LogP contribution in [0.25, 0.3) is 10.9 Å². The van der Waals surface area contributed by atoms with E-state index in [2.05, 4.69) is 19.8 Å². The Labute approximate surface area is 186 Å². The molecule has 1 N–H and O–H groups in total. The van der Waals surface area contributed by atoms with Crippen LogP contribution in [0.15, 0.2) is 24.4 Å². The fourth-order valence-corrected chi connectivity index (χ4v) is 5.09. The molecular weight excluding hydrogens is 415 g/mol. The van der Waals surface area contributed by atoms with Gasteiger partial charge in [-0.3, -0.25) is 4.90 Å². The summed E-state index contributed by atoms with van der Waals surface area (Å²) in [6.07, 6.45) is 5.16. The Balaban J connectivity index is 1.22. The Morgan fingerprint density at radius 3 is 2.84 bits per heavy atom. The highest BCUT2D eigenvalue weighted by atomic mass is 32.1. The number of aromatic nitrogens is 2. The lowest BCUT2D eigenvalue weighted by molar-refractivity contribution is 0.0531.